The molecule has 0 unspecified atom stereocenters. The van der Waals surface area contributed by atoms with Crippen molar-refractivity contribution >= 4 is 17.2 Å². The zero-order valence-corrected chi connectivity index (χ0v) is 16.5. The van der Waals surface area contributed by atoms with Crippen LogP contribution in [0.1, 0.15) is 9.67 Å². The molecule has 6 heteroatoms. The van der Waals surface area contributed by atoms with Gasteiger partial charge in [-0.1, -0.05) is 36.4 Å². The maximum Gasteiger partial charge on any atom is 0.261 e. The topological polar surface area (TPSA) is 54.5 Å². The van der Waals surface area contributed by atoms with Gasteiger partial charge in [0.2, 0.25) is 0 Å². The third-order valence-electron chi connectivity index (χ3n) is 4.81. The fourth-order valence-corrected chi connectivity index (χ4v) is 4.01. The summed E-state index contributed by atoms with van der Waals surface area (Å²) in [5.74, 6) is -0.0228. The van der Waals surface area contributed by atoms with Crippen molar-refractivity contribution in [2.75, 3.05) is 39.4 Å². The van der Waals surface area contributed by atoms with Crippen molar-refractivity contribution in [1.29, 1.82) is 0 Å². The van der Waals surface area contributed by atoms with Gasteiger partial charge in [-0.05, 0) is 17.7 Å². The van der Waals surface area contributed by atoms with Crippen molar-refractivity contribution in [1.82, 2.24) is 15.2 Å². The highest BCUT2D eigenvalue weighted by Gasteiger charge is 2.13. The van der Waals surface area contributed by atoms with Crippen LogP contribution in [0.5, 0.6) is 0 Å². The number of pyridine rings is 1. The van der Waals surface area contributed by atoms with Gasteiger partial charge < -0.3 is 10.1 Å². The molecule has 1 N–H and O–H groups in total. The van der Waals surface area contributed by atoms with Gasteiger partial charge in [0.05, 0.1) is 23.8 Å². The second kappa shape index (κ2) is 9.10. The fraction of sp³-hybridized carbons (Fsp3) is 0.273. The lowest BCUT2D eigenvalue weighted by molar-refractivity contribution is 0.0383. The molecule has 28 heavy (non-hydrogen) atoms. The lowest BCUT2D eigenvalue weighted by Crippen LogP contribution is -2.41. The number of nitrogens with one attached hydrogen (secondary N) is 1. The molecule has 0 bridgehead atoms. The van der Waals surface area contributed by atoms with Crippen LogP contribution >= 0.6 is 11.3 Å². The Morgan fingerprint density at radius 1 is 1.07 bits per heavy atom. The maximum absolute atomic E-state index is 12.4. The van der Waals surface area contributed by atoms with Gasteiger partial charge in [0.25, 0.3) is 5.91 Å². The number of aromatic nitrogens is 1. The van der Waals surface area contributed by atoms with E-state index in [-0.39, 0.29) is 5.91 Å². The molecule has 0 radical (unpaired) electrons. The number of carbonyl (C=O) groups excluding carboxylic acids is 1. The van der Waals surface area contributed by atoms with E-state index in [0.29, 0.717) is 11.4 Å². The van der Waals surface area contributed by atoms with Gasteiger partial charge in [-0.3, -0.25) is 14.7 Å². The minimum absolute atomic E-state index is 0.0228. The van der Waals surface area contributed by atoms with Gasteiger partial charge in [0, 0.05) is 48.9 Å². The molecule has 0 spiro atoms. The highest BCUT2D eigenvalue weighted by Crippen LogP contribution is 2.26. The van der Waals surface area contributed by atoms with Gasteiger partial charge in [0.1, 0.15) is 0 Å². The van der Waals surface area contributed by atoms with Crippen molar-refractivity contribution in [2.45, 2.75) is 0 Å². The van der Waals surface area contributed by atoms with Crippen LogP contribution < -0.4 is 5.32 Å². The highest BCUT2D eigenvalue weighted by atomic mass is 32.1. The number of ether oxygens (including phenoxy) is 1. The molecule has 1 saturated heterocycles. The summed E-state index contributed by atoms with van der Waals surface area (Å²) in [5, 5.41) is 5.00. The minimum atomic E-state index is -0.0228. The van der Waals surface area contributed by atoms with Gasteiger partial charge in [-0.25, -0.2) is 0 Å². The molecule has 144 valence electrons. The molecule has 1 aliphatic heterocycles. The Kier molecular flexibility index (Phi) is 6.11. The molecule has 3 heterocycles. The Morgan fingerprint density at radius 2 is 1.89 bits per heavy atom. The van der Waals surface area contributed by atoms with Crippen LogP contribution in [0.3, 0.4) is 0 Å². The predicted molar refractivity (Wildman–Crippen MR) is 113 cm³/mol. The summed E-state index contributed by atoms with van der Waals surface area (Å²) in [5.41, 5.74) is 4.08. The first-order chi connectivity index (χ1) is 13.8. The Morgan fingerprint density at radius 3 is 2.64 bits per heavy atom. The van der Waals surface area contributed by atoms with E-state index in [1.807, 2.05) is 41.9 Å². The molecule has 2 aromatic heterocycles. The first-order valence-electron chi connectivity index (χ1n) is 9.48. The molecule has 0 saturated carbocycles. The van der Waals surface area contributed by atoms with Crippen LogP contribution in [-0.4, -0.2) is 55.2 Å². The summed E-state index contributed by atoms with van der Waals surface area (Å²) in [6, 6.07) is 16.2. The molecule has 5 nitrogen and oxygen atoms in total. The van der Waals surface area contributed by atoms with Crippen molar-refractivity contribution in [3.63, 3.8) is 0 Å². The fourth-order valence-electron chi connectivity index (χ4n) is 3.20. The monoisotopic (exact) mass is 393 g/mol. The number of rotatable bonds is 6. The van der Waals surface area contributed by atoms with Gasteiger partial charge >= 0.3 is 0 Å². The predicted octanol–water partition coefficient (Wildman–Crippen LogP) is 3.54. The molecule has 1 aromatic carbocycles. The lowest BCUT2D eigenvalue weighted by atomic mass is 10.1. The Balaban J connectivity index is 1.35. The third-order valence-corrected chi connectivity index (χ3v) is 5.74. The molecule has 3 aromatic rings. The zero-order valence-electron chi connectivity index (χ0n) is 15.6. The number of benzene rings is 1. The van der Waals surface area contributed by atoms with Crippen molar-refractivity contribution in [3.05, 3.63) is 65.0 Å². The van der Waals surface area contributed by atoms with E-state index in [0.717, 1.165) is 55.2 Å². The molecule has 1 aliphatic rings. The van der Waals surface area contributed by atoms with Crippen LogP contribution in [-0.2, 0) is 4.74 Å². The van der Waals surface area contributed by atoms with E-state index in [1.165, 1.54) is 11.3 Å². The quantitative estimate of drug-likeness (QED) is 0.696. The number of thiophene rings is 1. The van der Waals surface area contributed by atoms with Crippen LogP contribution in [0.15, 0.2) is 60.1 Å². The van der Waals surface area contributed by atoms with E-state index in [4.69, 9.17) is 4.74 Å². The van der Waals surface area contributed by atoms with E-state index >= 15 is 0 Å². The number of morpholine rings is 1. The van der Waals surface area contributed by atoms with Gasteiger partial charge in [-0.2, -0.15) is 0 Å². The largest absolute Gasteiger partial charge is 0.379 e. The molecule has 0 aliphatic carbocycles. The van der Waals surface area contributed by atoms with E-state index in [2.05, 4.69) is 33.4 Å². The minimum Gasteiger partial charge on any atom is -0.379 e. The average Bonchev–Trinajstić information content (AvgIpc) is 3.26. The lowest BCUT2D eigenvalue weighted by Gasteiger charge is -2.26. The Bertz CT molecular complexity index is 903. The number of nitrogens with zero attached hydrogens (tertiary/aromatic N) is 2. The van der Waals surface area contributed by atoms with E-state index < -0.39 is 0 Å². The van der Waals surface area contributed by atoms with Crippen LogP contribution in [0.25, 0.3) is 22.4 Å². The Hall–Kier alpha value is -2.54. The molecule has 4 rings (SSSR count). The first kappa shape index (κ1) is 18.8. The number of hydrogen-bond acceptors (Lipinski definition) is 5. The smallest absolute Gasteiger partial charge is 0.261 e. The van der Waals surface area contributed by atoms with Crippen LogP contribution in [0.2, 0.25) is 0 Å². The number of amides is 1. The highest BCUT2D eigenvalue weighted by molar-refractivity contribution is 7.12. The summed E-state index contributed by atoms with van der Waals surface area (Å²) in [7, 11) is 0. The molecule has 1 amide bonds. The SMILES string of the molecule is O=C(NCCN1CCOCC1)c1cc(-c2ccc(-c3ccccc3)cn2)cs1. The average molecular weight is 394 g/mol. The standard InChI is InChI=1S/C22H23N3O2S/c26-22(23-8-9-25-10-12-27-13-11-25)21-14-19(16-28-21)20-7-6-18(15-24-20)17-4-2-1-3-5-17/h1-7,14-16H,8-13H2,(H,23,26). The normalized spacial score (nSPS) is 14.7. The summed E-state index contributed by atoms with van der Waals surface area (Å²) in [6.45, 7) is 4.93. The summed E-state index contributed by atoms with van der Waals surface area (Å²) in [6.07, 6.45) is 1.88. The number of hydrogen-bond donors (Lipinski definition) is 1. The van der Waals surface area contributed by atoms with Crippen LogP contribution in [0.4, 0.5) is 0 Å². The van der Waals surface area contributed by atoms with Crippen LogP contribution in [0, 0.1) is 0 Å². The summed E-state index contributed by atoms with van der Waals surface area (Å²) >= 11 is 1.45. The Labute approximate surface area is 169 Å². The third kappa shape index (κ3) is 4.65. The second-order valence-corrected chi connectivity index (χ2v) is 7.62. The molecular weight excluding hydrogens is 370 g/mol. The van der Waals surface area contributed by atoms with Gasteiger partial charge in [-0.15, -0.1) is 11.3 Å². The molecule has 0 atom stereocenters. The zero-order chi connectivity index (χ0) is 19.2. The van der Waals surface area contributed by atoms with Crippen molar-refractivity contribution < 1.29 is 9.53 Å². The maximum atomic E-state index is 12.4. The summed E-state index contributed by atoms with van der Waals surface area (Å²) in [4.78, 5) is 20.0. The molecular formula is C22H23N3O2S. The van der Waals surface area contributed by atoms with Gasteiger partial charge in [0.15, 0.2) is 0 Å². The molecule has 1 fully saturated rings. The number of carbonyl (C=O) groups is 1. The second-order valence-electron chi connectivity index (χ2n) is 6.71. The van der Waals surface area contributed by atoms with Crippen molar-refractivity contribution in [3.8, 4) is 22.4 Å². The van der Waals surface area contributed by atoms with Crippen molar-refractivity contribution in [2.24, 2.45) is 0 Å². The van der Waals surface area contributed by atoms with E-state index in [9.17, 15) is 4.79 Å². The first-order valence-corrected chi connectivity index (χ1v) is 10.4. The summed E-state index contributed by atoms with van der Waals surface area (Å²) < 4.78 is 5.34. The van der Waals surface area contributed by atoms with E-state index in [1.54, 1.807) is 0 Å².